The van der Waals surface area contributed by atoms with E-state index < -0.39 is 17.7 Å². The monoisotopic (exact) mass is 375 g/mol. The smallest absolute Gasteiger partial charge is 0.338 e. The second-order valence-corrected chi connectivity index (χ2v) is 5.75. The third-order valence-electron chi connectivity index (χ3n) is 2.93. The van der Waals surface area contributed by atoms with Gasteiger partial charge in [-0.2, -0.15) is 0 Å². The summed E-state index contributed by atoms with van der Waals surface area (Å²) in [5.41, 5.74) is 0.320. The molecule has 0 atom stereocenters. The molecule has 0 spiro atoms. The van der Waals surface area contributed by atoms with Crippen LogP contribution < -0.4 is 5.32 Å². The Labute approximate surface area is 145 Å². The average Bonchev–Trinajstić information content (AvgIpc) is 2.46. The molecule has 0 heterocycles. The van der Waals surface area contributed by atoms with Gasteiger partial charge in [-0.3, -0.25) is 4.79 Å². The van der Waals surface area contributed by atoms with E-state index in [-0.39, 0.29) is 32.7 Å². The van der Waals surface area contributed by atoms with Gasteiger partial charge in [0.05, 0.1) is 32.7 Å². The second kappa shape index (κ2) is 7.17. The van der Waals surface area contributed by atoms with E-state index in [4.69, 9.17) is 39.9 Å². The van der Waals surface area contributed by atoms with Gasteiger partial charge in [0.1, 0.15) is 5.82 Å². The number of amides is 1. The summed E-state index contributed by atoms with van der Waals surface area (Å²) in [7, 11) is 0. The molecule has 0 aliphatic rings. The molecule has 2 N–H and O–H groups in total. The molecule has 0 fully saturated rings. The van der Waals surface area contributed by atoms with Gasteiger partial charge in [-0.25, -0.2) is 9.18 Å². The molecule has 1 amide bonds. The summed E-state index contributed by atoms with van der Waals surface area (Å²) >= 11 is 17.4. The highest BCUT2D eigenvalue weighted by Gasteiger charge is 2.18. The summed E-state index contributed by atoms with van der Waals surface area (Å²) < 4.78 is 13.1. The van der Waals surface area contributed by atoms with Crippen LogP contribution in [0.3, 0.4) is 0 Å². The number of rotatable bonds is 4. The van der Waals surface area contributed by atoms with Gasteiger partial charge in [0, 0.05) is 0 Å². The van der Waals surface area contributed by atoms with Crippen molar-refractivity contribution >= 4 is 52.4 Å². The Morgan fingerprint density at radius 3 is 2.39 bits per heavy atom. The van der Waals surface area contributed by atoms with E-state index in [1.54, 1.807) is 0 Å². The van der Waals surface area contributed by atoms with Gasteiger partial charge in [-0.1, -0.05) is 40.9 Å². The minimum Gasteiger partial charge on any atom is -0.478 e. The van der Waals surface area contributed by atoms with Crippen LogP contribution in [-0.2, 0) is 11.2 Å². The van der Waals surface area contributed by atoms with Crippen molar-refractivity contribution in [2.75, 3.05) is 5.32 Å². The predicted octanol–water partition coefficient (Wildman–Crippen LogP) is 4.67. The standard InChI is InChI=1S/C15H9Cl3FNO3/c16-8-2-4-11(14(18)13(8)15(22)23)20-12(21)6-7-1-3-10(19)9(17)5-7/h1-5H,6H2,(H,20,21)(H,22,23). The zero-order chi connectivity index (χ0) is 17.1. The van der Waals surface area contributed by atoms with Gasteiger partial charge >= 0.3 is 5.97 Å². The summed E-state index contributed by atoms with van der Waals surface area (Å²) in [6.45, 7) is 0. The number of hydrogen-bond donors (Lipinski definition) is 2. The number of nitrogens with one attached hydrogen (secondary N) is 1. The Morgan fingerprint density at radius 1 is 1.09 bits per heavy atom. The van der Waals surface area contributed by atoms with Gasteiger partial charge < -0.3 is 10.4 Å². The lowest BCUT2D eigenvalue weighted by Crippen LogP contribution is -2.15. The molecule has 2 aromatic rings. The highest BCUT2D eigenvalue weighted by molar-refractivity contribution is 6.41. The molecule has 0 bridgehead atoms. The van der Waals surface area contributed by atoms with Gasteiger partial charge in [0.25, 0.3) is 0 Å². The van der Waals surface area contributed by atoms with Gasteiger partial charge in [-0.05, 0) is 29.8 Å². The van der Waals surface area contributed by atoms with E-state index in [1.165, 1.54) is 24.3 Å². The van der Waals surface area contributed by atoms with Crippen molar-refractivity contribution in [3.05, 3.63) is 62.3 Å². The number of benzene rings is 2. The Balaban J connectivity index is 2.19. The fourth-order valence-electron chi connectivity index (χ4n) is 1.87. The lowest BCUT2D eigenvalue weighted by atomic mass is 10.1. The Morgan fingerprint density at radius 2 is 1.78 bits per heavy atom. The summed E-state index contributed by atoms with van der Waals surface area (Å²) in [5.74, 6) is -2.35. The maximum absolute atomic E-state index is 13.1. The van der Waals surface area contributed by atoms with Crippen LogP contribution in [0.15, 0.2) is 30.3 Å². The number of anilines is 1. The molecule has 2 aromatic carbocycles. The quantitative estimate of drug-likeness (QED) is 0.815. The molecule has 0 radical (unpaired) electrons. The van der Waals surface area contributed by atoms with Crippen LogP contribution in [0, 0.1) is 5.82 Å². The van der Waals surface area contributed by atoms with Crippen LogP contribution in [0.1, 0.15) is 15.9 Å². The molecule has 8 heteroatoms. The summed E-state index contributed by atoms with van der Waals surface area (Å²) in [6.07, 6.45) is -0.0820. The number of carbonyl (C=O) groups is 2. The first-order chi connectivity index (χ1) is 10.8. The maximum Gasteiger partial charge on any atom is 0.338 e. The first kappa shape index (κ1) is 17.5. The average molecular weight is 377 g/mol. The number of carboxylic acids is 1. The number of hydrogen-bond acceptors (Lipinski definition) is 2. The Bertz CT molecular complexity index is 796. The highest BCUT2D eigenvalue weighted by Crippen LogP contribution is 2.31. The molecule has 0 saturated heterocycles. The topological polar surface area (TPSA) is 66.4 Å². The maximum atomic E-state index is 13.1. The largest absolute Gasteiger partial charge is 0.478 e. The van der Waals surface area contributed by atoms with E-state index >= 15 is 0 Å². The van der Waals surface area contributed by atoms with Gasteiger partial charge in [-0.15, -0.1) is 0 Å². The summed E-state index contributed by atoms with van der Waals surface area (Å²) in [4.78, 5) is 23.1. The normalized spacial score (nSPS) is 10.4. The zero-order valence-electron chi connectivity index (χ0n) is 11.4. The van der Waals surface area contributed by atoms with E-state index in [2.05, 4.69) is 5.32 Å². The molecular formula is C15H9Cl3FNO3. The van der Waals surface area contributed by atoms with E-state index in [0.717, 1.165) is 6.07 Å². The summed E-state index contributed by atoms with van der Waals surface area (Å²) in [6, 6.07) is 6.63. The van der Waals surface area contributed by atoms with Crippen molar-refractivity contribution < 1.29 is 19.1 Å². The van der Waals surface area contributed by atoms with E-state index in [1.807, 2.05) is 0 Å². The van der Waals surface area contributed by atoms with Gasteiger partial charge in [0.15, 0.2) is 0 Å². The molecule has 4 nitrogen and oxygen atoms in total. The third-order valence-corrected chi connectivity index (χ3v) is 3.92. The zero-order valence-corrected chi connectivity index (χ0v) is 13.6. The second-order valence-electron chi connectivity index (χ2n) is 4.56. The van der Waals surface area contributed by atoms with Crippen LogP contribution in [-0.4, -0.2) is 17.0 Å². The van der Waals surface area contributed by atoms with Crippen molar-refractivity contribution in [3.63, 3.8) is 0 Å². The predicted molar refractivity (Wildman–Crippen MR) is 87.2 cm³/mol. The summed E-state index contributed by atoms with van der Waals surface area (Å²) in [5, 5.41) is 11.3. The molecule has 0 aromatic heterocycles. The number of carboxylic acid groups (broad SMARTS) is 1. The van der Waals surface area contributed by atoms with Crippen LogP contribution in [0.25, 0.3) is 0 Å². The number of halogens is 4. The fraction of sp³-hybridized carbons (Fsp3) is 0.0667. The minimum atomic E-state index is -1.30. The van der Waals surface area contributed by atoms with Crippen LogP contribution in [0.2, 0.25) is 15.1 Å². The SMILES string of the molecule is O=C(Cc1ccc(F)c(Cl)c1)Nc1ccc(Cl)c(C(=O)O)c1Cl. The van der Waals surface area contributed by atoms with Gasteiger partial charge in [0.2, 0.25) is 5.91 Å². The van der Waals surface area contributed by atoms with Crippen molar-refractivity contribution in [2.45, 2.75) is 6.42 Å². The lowest BCUT2D eigenvalue weighted by Gasteiger charge is -2.10. The van der Waals surface area contributed by atoms with Crippen LogP contribution >= 0.6 is 34.8 Å². The molecule has 0 aliphatic carbocycles. The number of aromatic carboxylic acids is 1. The minimum absolute atomic E-state index is 0.0363. The van der Waals surface area contributed by atoms with E-state index in [9.17, 15) is 14.0 Å². The van der Waals surface area contributed by atoms with Crippen molar-refractivity contribution in [3.8, 4) is 0 Å². The van der Waals surface area contributed by atoms with Crippen molar-refractivity contribution in [1.82, 2.24) is 0 Å². The molecule has 0 aliphatic heterocycles. The first-order valence-electron chi connectivity index (χ1n) is 6.24. The first-order valence-corrected chi connectivity index (χ1v) is 7.38. The lowest BCUT2D eigenvalue weighted by molar-refractivity contribution is -0.115. The molecule has 0 unspecified atom stereocenters. The van der Waals surface area contributed by atoms with Crippen molar-refractivity contribution in [1.29, 1.82) is 0 Å². The Hall–Kier alpha value is -1.82. The third kappa shape index (κ3) is 4.13. The van der Waals surface area contributed by atoms with E-state index in [0.29, 0.717) is 5.56 Å². The molecule has 23 heavy (non-hydrogen) atoms. The molecule has 2 rings (SSSR count). The fourth-order valence-corrected chi connectivity index (χ4v) is 2.66. The molecule has 0 saturated carbocycles. The molecule has 120 valence electrons. The Kier molecular flexibility index (Phi) is 5.46. The highest BCUT2D eigenvalue weighted by atomic mass is 35.5. The van der Waals surface area contributed by atoms with Crippen LogP contribution in [0.4, 0.5) is 10.1 Å². The van der Waals surface area contributed by atoms with Crippen molar-refractivity contribution in [2.24, 2.45) is 0 Å². The van der Waals surface area contributed by atoms with Crippen LogP contribution in [0.5, 0.6) is 0 Å². The molecular weight excluding hydrogens is 368 g/mol. The number of carbonyl (C=O) groups excluding carboxylic acids is 1.